The molecule has 2 heterocycles. The largest absolute Gasteiger partial charge is 0.307 e. The van der Waals surface area contributed by atoms with Crippen molar-refractivity contribution in [3.8, 4) is 0 Å². The third kappa shape index (κ3) is 3.22. The summed E-state index contributed by atoms with van der Waals surface area (Å²) in [6.45, 7) is 13.7. The molecule has 116 valence electrons. The van der Waals surface area contributed by atoms with Gasteiger partial charge in [-0.1, -0.05) is 13.8 Å². The van der Waals surface area contributed by atoms with Crippen LogP contribution in [0.15, 0.2) is 12.3 Å². The molecule has 2 unspecified atom stereocenters. The van der Waals surface area contributed by atoms with Crippen molar-refractivity contribution < 1.29 is 0 Å². The summed E-state index contributed by atoms with van der Waals surface area (Å²) in [5.41, 5.74) is 3.05. The Morgan fingerprint density at radius 1 is 1.29 bits per heavy atom. The van der Waals surface area contributed by atoms with Gasteiger partial charge in [0.1, 0.15) is 11.3 Å². The minimum atomic E-state index is -0.127. The summed E-state index contributed by atoms with van der Waals surface area (Å²) >= 11 is 6.36. The van der Waals surface area contributed by atoms with Crippen molar-refractivity contribution in [2.75, 3.05) is 19.6 Å². The Morgan fingerprint density at radius 2 is 1.95 bits per heavy atom. The van der Waals surface area contributed by atoms with Gasteiger partial charge < -0.3 is 9.47 Å². The average molecular weight is 309 g/mol. The number of nitrogens with zero attached hydrogens (tertiary/aromatic N) is 4. The zero-order chi connectivity index (χ0) is 15.6. The van der Waals surface area contributed by atoms with Crippen molar-refractivity contribution in [2.24, 2.45) is 0 Å². The van der Waals surface area contributed by atoms with Crippen molar-refractivity contribution in [3.63, 3.8) is 0 Å². The minimum absolute atomic E-state index is 0.127. The molecule has 0 aliphatic heterocycles. The maximum Gasteiger partial charge on any atom is 0.160 e. The van der Waals surface area contributed by atoms with Crippen molar-refractivity contribution in [3.05, 3.63) is 23.7 Å². The summed E-state index contributed by atoms with van der Waals surface area (Å²) in [5.74, 6) is 0.910. The molecular weight excluding hydrogens is 284 g/mol. The summed E-state index contributed by atoms with van der Waals surface area (Å²) in [6, 6.07) is 2.29. The molecule has 0 amide bonds. The Labute approximate surface area is 132 Å². The first-order chi connectivity index (χ1) is 9.99. The zero-order valence-electron chi connectivity index (χ0n) is 13.6. The van der Waals surface area contributed by atoms with E-state index in [0.29, 0.717) is 6.04 Å². The van der Waals surface area contributed by atoms with Crippen molar-refractivity contribution >= 4 is 22.8 Å². The number of halogens is 1. The van der Waals surface area contributed by atoms with Gasteiger partial charge in [0.15, 0.2) is 5.65 Å². The molecule has 2 rings (SSSR count). The molecule has 2 aromatic rings. The van der Waals surface area contributed by atoms with E-state index >= 15 is 0 Å². The summed E-state index contributed by atoms with van der Waals surface area (Å²) in [4.78, 5) is 11.7. The summed E-state index contributed by atoms with van der Waals surface area (Å²) in [5, 5.41) is -0.127. The molecule has 0 fully saturated rings. The van der Waals surface area contributed by atoms with Crippen LogP contribution >= 0.6 is 11.6 Å². The molecule has 2 atom stereocenters. The van der Waals surface area contributed by atoms with Gasteiger partial charge in [-0.3, -0.25) is 0 Å². The molecule has 0 radical (unpaired) electrons. The molecule has 0 aliphatic rings. The van der Waals surface area contributed by atoms with E-state index in [4.69, 9.17) is 16.6 Å². The van der Waals surface area contributed by atoms with Crippen LogP contribution in [0.3, 0.4) is 0 Å². The lowest BCUT2D eigenvalue weighted by molar-refractivity contribution is 0.261. The van der Waals surface area contributed by atoms with Gasteiger partial charge in [0, 0.05) is 18.8 Å². The summed E-state index contributed by atoms with van der Waals surface area (Å²) in [7, 11) is 0. The molecule has 0 saturated carbocycles. The number of alkyl halides is 1. The number of hydrogen-bond acceptors (Lipinski definition) is 3. The van der Waals surface area contributed by atoms with Gasteiger partial charge in [-0.25, -0.2) is 9.97 Å². The molecule has 21 heavy (non-hydrogen) atoms. The third-order valence-corrected chi connectivity index (χ3v) is 4.22. The summed E-state index contributed by atoms with van der Waals surface area (Å²) < 4.78 is 2.21. The second-order valence-corrected chi connectivity index (χ2v) is 6.25. The first-order valence-corrected chi connectivity index (χ1v) is 8.13. The van der Waals surface area contributed by atoms with Gasteiger partial charge in [0.25, 0.3) is 0 Å². The Morgan fingerprint density at radius 3 is 2.52 bits per heavy atom. The van der Waals surface area contributed by atoms with Crippen LogP contribution in [-0.2, 0) is 0 Å². The molecular formula is C16H25ClN4. The number of aromatic nitrogens is 3. The molecule has 0 bridgehead atoms. The predicted molar refractivity (Wildman–Crippen MR) is 89.0 cm³/mol. The van der Waals surface area contributed by atoms with E-state index in [2.05, 4.69) is 42.1 Å². The van der Waals surface area contributed by atoms with Crippen LogP contribution in [-0.4, -0.2) is 39.1 Å². The molecule has 0 aromatic carbocycles. The van der Waals surface area contributed by atoms with Gasteiger partial charge in [-0.2, -0.15) is 0 Å². The SMILES string of the molecule is CCN(CC)CC(C)n1c(C(C)Cl)nc2c(C)ccnc21. The number of aryl methyl sites for hydroxylation is 1. The number of fused-ring (bicyclic) bond motifs is 1. The maximum atomic E-state index is 6.36. The Hall–Kier alpha value is -1.13. The fraction of sp³-hybridized carbons (Fsp3) is 0.625. The van der Waals surface area contributed by atoms with Gasteiger partial charge >= 0.3 is 0 Å². The predicted octanol–water partition coefficient (Wildman–Crippen LogP) is 3.94. The van der Waals surface area contributed by atoms with Crippen LogP contribution in [0.25, 0.3) is 11.2 Å². The van der Waals surface area contributed by atoms with Crippen molar-refractivity contribution in [1.29, 1.82) is 0 Å². The fourth-order valence-corrected chi connectivity index (χ4v) is 2.93. The molecule has 0 aliphatic carbocycles. The maximum absolute atomic E-state index is 6.36. The molecule has 2 aromatic heterocycles. The lowest BCUT2D eigenvalue weighted by Gasteiger charge is -2.25. The first kappa shape index (κ1) is 16.2. The van der Waals surface area contributed by atoms with Crippen molar-refractivity contribution in [1.82, 2.24) is 19.4 Å². The molecule has 0 saturated heterocycles. The lowest BCUT2D eigenvalue weighted by atomic mass is 10.2. The highest BCUT2D eigenvalue weighted by Crippen LogP contribution is 2.28. The van der Waals surface area contributed by atoms with Crippen LogP contribution in [0.1, 0.15) is 50.5 Å². The standard InChI is InChI=1S/C16H25ClN4/c1-6-20(7-2)10-12(4)21-15(13(5)17)19-14-11(3)8-9-18-16(14)21/h8-9,12-13H,6-7,10H2,1-5H3. The van der Waals surface area contributed by atoms with E-state index < -0.39 is 0 Å². The van der Waals surface area contributed by atoms with Gasteiger partial charge in [0.2, 0.25) is 0 Å². The molecule has 4 nitrogen and oxygen atoms in total. The van der Waals surface area contributed by atoms with Gasteiger partial charge in [0.05, 0.1) is 5.38 Å². The average Bonchev–Trinajstić information content (AvgIpc) is 2.85. The monoisotopic (exact) mass is 308 g/mol. The normalized spacial score (nSPS) is 14.8. The molecule has 5 heteroatoms. The number of hydrogen-bond donors (Lipinski definition) is 0. The summed E-state index contributed by atoms with van der Waals surface area (Å²) in [6.07, 6.45) is 1.85. The third-order valence-electron chi connectivity index (χ3n) is 4.02. The second-order valence-electron chi connectivity index (χ2n) is 5.59. The van der Waals surface area contributed by atoms with E-state index in [1.165, 1.54) is 0 Å². The van der Waals surface area contributed by atoms with Gasteiger partial charge in [-0.05, 0) is 45.5 Å². The van der Waals surface area contributed by atoms with E-state index in [9.17, 15) is 0 Å². The van der Waals surface area contributed by atoms with Crippen LogP contribution in [0.2, 0.25) is 0 Å². The second kappa shape index (κ2) is 6.75. The zero-order valence-corrected chi connectivity index (χ0v) is 14.4. The van der Waals surface area contributed by atoms with Crippen LogP contribution in [0, 0.1) is 6.92 Å². The first-order valence-electron chi connectivity index (χ1n) is 7.69. The minimum Gasteiger partial charge on any atom is -0.307 e. The van der Waals surface area contributed by atoms with Gasteiger partial charge in [-0.15, -0.1) is 11.6 Å². The number of likely N-dealkylation sites (N-methyl/N-ethyl adjacent to an activating group) is 1. The highest BCUT2D eigenvalue weighted by molar-refractivity contribution is 6.20. The van der Waals surface area contributed by atoms with Crippen molar-refractivity contribution in [2.45, 2.75) is 46.0 Å². The molecule has 0 spiro atoms. The van der Waals surface area contributed by atoms with E-state index in [0.717, 1.165) is 42.2 Å². The van der Waals surface area contributed by atoms with E-state index in [-0.39, 0.29) is 5.38 Å². The number of rotatable bonds is 6. The quantitative estimate of drug-likeness (QED) is 0.758. The molecule has 0 N–H and O–H groups in total. The number of imidazole rings is 1. The Kier molecular flexibility index (Phi) is 5.22. The van der Waals surface area contributed by atoms with Crippen LogP contribution in [0.4, 0.5) is 0 Å². The highest BCUT2D eigenvalue weighted by atomic mass is 35.5. The Balaban J connectivity index is 2.50. The van der Waals surface area contributed by atoms with Crippen LogP contribution < -0.4 is 0 Å². The van der Waals surface area contributed by atoms with E-state index in [1.807, 2.05) is 19.2 Å². The number of pyridine rings is 1. The topological polar surface area (TPSA) is 34.0 Å². The highest BCUT2D eigenvalue weighted by Gasteiger charge is 2.21. The Bertz CT molecular complexity index is 602. The lowest BCUT2D eigenvalue weighted by Crippen LogP contribution is -2.30. The van der Waals surface area contributed by atoms with E-state index in [1.54, 1.807) is 0 Å². The van der Waals surface area contributed by atoms with Crippen LogP contribution in [0.5, 0.6) is 0 Å². The fourth-order valence-electron chi connectivity index (χ4n) is 2.78. The smallest absolute Gasteiger partial charge is 0.160 e.